The van der Waals surface area contributed by atoms with Crippen molar-refractivity contribution in [3.8, 4) is 0 Å². The smallest absolute Gasteiger partial charge is 0.150 e. The van der Waals surface area contributed by atoms with Crippen molar-refractivity contribution in [2.45, 2.75) is 13.5 Å². The highest BCUT2D eigenvalue weighted by Crippen LogP contribution is 2.28. The Morgan fingerprint density at radius 2 is 1.89 bits per heavy atom. The number of nitrogens with one attached hydrogen (secondary N) is 1. The molecule has 0 radical (unpaired) electrons. The lowest BCUT2D eigenvalue weighted by molar-refractivity contribution is 1.00. The van der Waals surface area contributed by atoms with E-state index in [9.17, 15) is 0 Å². The van der Waals surface area contributed by atoms with Crippen molar-refractivity contribution in [3.05, 3.63) is 50.9 Å². The third-order valence-corrected chi connectivity index (χ3v) is 3.23. The molecule has 2 aromatic rings. The van der Waals surface area contributed by atoms with E-state index >= 15 is 0 Å². The van der Waals surface area contributed by atoms with Crippen molar-refractivity contribution >= 4 is 40.6 Å². The van der Waals surface area contributed by atoms with E-state index in [1.165, 1.54) is 0 Å². The summed E-state index contributed by atoms with van der Waals surface area (Å²) in [5, 5.41) is 4.06. The molecule has 2 aromatic heterocycles. The summed E-state index contributed by atoms with van der Waals surface area (Å²) in [6.07, 6.45) is 0. The summed E-state index contributed by atoms with van der Waals surface area (Å²) in [7, 11) is 0. The van der Waals surface area contributed by atoms with Gasteiger partial charge in [-0.15, -0.1) is 0 Å². The molecule has 18 heavy (non-hydrogen) atoms. The topological polar surface area (TPSA) is 37.8 Å². The molecular formula is C12H10Cl3N3. The van der Waals surface area contributed by atoms with Gasteiger partial charge in [-0.2, -0.15) is 0 Å². The number of hydrogen-bond acceptors (Lipinski definition) is 3. The number of aromatic nitrogens is 2. The Labute approximate surface area is 120 Å². The molecule has 0 atom stereocenters. The lowest BCUT2D eigenvalue weighted by Gasteiger charge is -2.08. The molecule has 0 fully saturated rings. The van der Waals surface area contributed by atoms with E-state index in [2.05, 4.69) is 15.3 Å². The minimum atomic E-state index is 0.223. The van der Waals surface area contributed by atoms with Crippen LogP contribution in [-0.2, 0) is 6.54 Å². The lowest BCUT2D eigenvalue weighted by atomic mass is 10.3. The van der Waals surface area contributed by atoms with Gasteiger partial charge in [0.1, 0.15) is 11.0 Å². The van der Waals surface area contributed by atoms with Gasteiger partial charge < -0.3 is 5.32 Å². The third-order valence-electron chi connectivity index (χ3n) is 2.27. The van der Waals surface area contributed by atoms with Crippen LogP contribution in [0.2, 0.25) is 15.2 Å². The standard InChI is InChI=1S/C12H10Cl3N3/c1-7-3-2-4-8(17-7)6-16-12-10(14)5-9(13)11(15)18-12/h2-5H,6H2,1H3,(H,16,18). The Balaban J connectivity index is 2.13. The second-order valence-electron chi connectivity index (χ2n) is 3.72. The van der Waals surface area contributed by atoms with Crippen LogP contribution in [0.25, 0.3) is 0 Å². The summed E-state index contributed by atoms with van der Waals surface area (Å²) in [4.78, 5) is 8.44. The van der Waals surface area contributed by atoms with Crippen LogP contribution in [-0.4, -0.2) is 9.97 Å². The van der Waals surface area contributed by atoms with Crippen LogP contribution in [0.4, 0.5) is 5.82 Å². The molecule has 0 bridgehead atoms. The van der Waals surface area contributed by atoms with Crippen molar-refractivity contribution < 1.29 is 0 Å². The third kappa shape index (κ3) is 3.25. The van der Waals surface area contributed by atoms with Gasteiger partial charge in [-0.25, -0.2) is 4.98 Å². The van der Waals surface area contributed by atoms with E-state index in [0.29, 0.717) is 22.4 Å². The number of anilines is 1. The molecule has 0 amide bonds. The number of rotatable bonds is 3. The summed E-state index contributed by atoms with van der Waals surface area (Å²) in [5.74, 6) is 0.495. The molecule has 6 heteroatoms. The van der Waals surface area contributed by atoms with Crippen LogP contribution < -0.4 is 5.32 Å². The lowest BCUT2D eigenvalue weighted by Crippen LogP contribution is -2.04. The molecule has 0 aromatic carbocycles. The van der Waals surface area contributed by atoms with Crippen LogP contribution in [0.5, 0.6) is 0 Å². The van der Waals surface area contributed by atoms with E-state index in [-0.39, 0.29) is 5.15 Å². The molecule has 3 nitrogen and oxygen atoms in total. The minimum absolute atomic E-state index is 0.223. The Morgan fingerprint density at radius 1 is 1.11 bits per heavy atom. The van der Waals surface area contributed by atoms with Crippen molar-refractivity contribution in [2.75, 3.05) is 5.32 Å². The first-order valence-electron chi connectivity index (χ1n) is 5.24. The maximum Gasteiger partial charge on any atom is 0.150 e. The summed E-state index contributed by atoms with van der Waals surface area (Å²) in [6.45, 7) is 2.46. The molecule has 2 heterocycles. The highest BCUT2D eigenvalue weighted by molar-refractivity contribution is 6.42. The summed E-state index contributed by atoms with van der Waals surface area (Å²) >= 11 is 17.7. The van der Waals surface area contributed by atoms with E-state index < -0.39 is 0 Å². The first kappa shape index (κ1) is 13.4. The van der Waals surface area contributed by atoms with Gasteiger partial charge in [0.2, 0.25) is 0 Å². The average molecular weight is 303 g/mol. The van der Waals surface area contributed by atoms with Gasteiger partial charge in [-0.3, -0.25) is 4.98 Å². The number of pyridine rings is 2. The first-order valence-corrected chi connectivity index (χ1v) is 6.37. The fourth-order valence-corrected chi connectivity index (χ4v) is 2.00. The quantitative estimate of drug-likeness (QED) is 0.856. The molecule has 2 rings (SSSR count). The second kappa shape index (κ2) is 5.74. The predicted octanol–water partition coefficient (Wildman–Crippen LogP) is 4.36. The van der Waals surface area contributed by atoms with Crippen LogP contribution >= 0.6 is 34.8 Å². The van der Waals surface area contributed by atoms with Gasteiger partial charge >= 0.3 is 0 Å². The number of halogens is 3. The zero-order chi connectivity index (χ0) is 13.1. The number of hydrogen-bond donors (Lipinski definition) is 1. The van der Waals surface area contributed by atoms with Crippen molar-refractivity contribution in [1.29, 1.82) is 0 Å². The zero-order valence-electron chi connectivity index (χ0n) is 9.54. The summed E-state index contributed by atoms with van der Waals surface area (Å²) in [6, 6.07) is 7.37. The molecule has 94 valence electrons. The second-order valence-corrected chi connectivity index (χ2v) is 4.89. The Bertz CT molecular complexity index is 572. The molecule has 0 aliphatic carbocycles. The van der Waals surface area contributed by atoms with Crippen LogP contribution in [0.3, 0.4) is 0 Å². The van der Waals surface area contributed by atoms with E-state index in [1.807, 2.05) is 25.1 Å². The first-order chi connectivity index (χ1) is 8.56. The minimum Gasteiger partial charge on any atom is -0.363 e. The maximum absolute atomic E-state index is 6.01. The molecule has 0 spiro atoms. The monoisotopic (exact) mass is 301 g/mol. The van der Waals surface area contributed by atoms with Crippen LogP contribution in [0, 0.1) is 6.92 Å². The fraction of sp³-hybridized carbons (Fsp3) is 0.167. The molecule has 0 aliphatic heterocycles. The number of aryl methyl sites for hydroxylation is 1. The largest absolute Gasteiger partial charge is 0.363 e. The van der Waals surface area contributed by atoms with E-state index in [1.54, 1.807) is 6.07 Å². The van der Waals surface area contributed by atoms with Gasteiger partial charge in [0.25, 0.3) is 0 Å². The van der Waals surface area contributed by atoms with E-state index in [4.69, 9.17) is 34.8 Å². The van der Waals surface area contributed by atoms with Gasteiger partial charge in [0.15, 0.2) is 0 Å². The van der Waals surface area contributed by atoms with E-state index in [0.717, 1.165) is 11.4 Å². The molecule has 0 saturated carbocycles. The molecular weight excluding hydrogens is 293 g/mol. The fourth-order valence-electron chi connectivity index (χ4n) is 1.44. The molecule has 1 N–H and O–H groups in total. The molecule has 0 saturated heterocycles. The van der Waals surface area contributed by atoms with Gasteiger partial charge in [0.05, 0.1) is 22.3 Å². The highest BCUT2D eigenvalue weighted by Gasteiger charge is 2.07. The average Bonchev–Trinajstić information content (AvgIpc) is 2.32. The molecule has 0 unspecified atom stereocenters. The van der Waals surface area contributed by atoms with Crippen molar-refractivity contribution in [3.63, 3.8) is 0 Å². The maximum atomic E-state index is 6.01. The SMILES string of the molecule is Cc1cccc(CNc2nc(Cl)c(Cl)cc2Cl)n1. The van der Waals surface area contributed by atoms with Gasteiger partial charge in [-0.05, 0) is 25.1 Å². The molecule has 0 aliphatic rings. The zero-order valence-corrected chi connectivity index (χ0v) is 11.8. The highest BCUT2D eigenvalue weighted by atomic mass is 35.5. The van der Waals surface area contributed by atoms with Crippen LogP contribution in [0.15, 0.2) is 24.3 Å². The van der Waals surface area contributed by atoms with Gasteiger partial charge in [0, 0.05) is 5.69 Å². The Kier molecular flexibility index (Phi) is 4.27. The summed E-state index contributed by atoms with van der Waals surface area (Å²) < 4.78 is 0. The Morgan fingerprint density at radius 3 is 2.61 bits per heavy atom. The predicted molar refractivity (Wildman–Crippen MR) is 75.6 cm³/mol. The van der Waals surface area contributed by atoms with Crippen LogP contribution in [0.1, 0.15) is 11.4 Å². The normalized spacial score (nSPS) is 10.4. The van der Waals surface area contributed by atoms with Crippen molar-refractivity contribution in [2.24, 2.45) is 0 Å². The number of nitrogens with zero attached hydrogens (tertiary/aromatic N) is 2. The van der Waals surface area contributed by atoms with Gasteiger partial charge in [-0.1, -0.05) is 40.9 Å². The Hall–Kier alpha value is -1.03. The van der Waals surface area contributed by atoms with Crippen molar-refractivity contribution in [1.82, 2.24) is 9.97 Å². The summed E-state index contributed by atoms with van der Waals surface area (Å²) in [5.41, 5.74) is 1.86.